The van der Waals surface area contributed by atoms with Crippen molar-refractivity contribution in [2.75, 3.05) is 0 Å². The smallest absolute Gasteiger partial charge is 0.144 e. The van der Waals surface area contributed by atoms with Crippen LogP contribution in [0.5, 0.6) is 0 Å². The van der Waals surface area contributed by atoms with E-state index in [0.29, 0.717) is 29.5 Å². The minimum absolute atomic E-state index is 0.338. The zero-order chi connectivity index (χ0) is 15.4. The van der Waals surface area contributed by atoms with Crippen molar-refractivity contribution in [3.8, 4) is 0 Å². The van der Waals surface area contributed by atoms with E-state index in [2.05, 4.69) is 12.1 Å². The number of oxime groups is 1. The molecule has 4 rings (SSSR count). The predicted molar refractivity (Wildman–Crippen MR) is 86.0 cm³/mol. The lowest BCUT2D eigenvalue weighted by Crippen LogP contribution is -2.54. The van der Waals surface area contributed by atoms with E-state index >= 15 is 0 Å². The van der Waals surface area contributed by atoms with Crippen LogP contribution in [0, 0.1) is 34.5 Å². The highest BCUT2D eigenvalue weighted by molar-refractivity contribution is 6.01. The minimum Gasteiger partial charge on any atom is -0.411 e. The Balaban J connectivity index is 1.68. The first kappa shape index (κ1) is 14.7. The van der Waals surface area contributed by atoms with Crippen molar-refractivity contribution in [2.24, 2.45) is 39.7 Å². The average Bonchev–Trinajstić information content (AvgIpc) is 2.84. The standard InChI is InChI=1S/C19H29NO2/c1-18-10-3-2-4-13(18)5-6-14-15(18)9-11-19(12-20-22)16(14)7-8-17(19)21/h12-16,22H,2-11H2,1H3/t13?,14-,15+,16+,18+,19-/m1/s1. The molecule has 0 heterocycles. The number of ketones is 1. The molecule has 4 aliphatic carbocycles. The molecule has 0 saturated heterocycles. The van der Waals surface area contributed by atoms with Crippen molar-refractivity contribution in [3.63, 3.8) is 0 Å². The van der Waals surface area contributed by atoms with Crippen molar-refractivity contribution in [3.05, 3.63) is 0 Å². The van der Waals surface area contributed by atoms with Gasteiger partial charge in [0, 0.05) is 6.42 Å². The van der Waals surface area contributed by atoms with Crippen molar-refractivity contribution in [1.82, 2.24) is 0 Å². The van der Waals surface area contributed by atoms with Crippen LogP contribution in [0.15, 0.2) is 5.16 Å². The topological polar surface area (TPSA) is 49.7 Å². The van der Waals surface area contributed by atoms with E-state index in [1.54, 1.807) is 6.21 Å². The number of Topliss-reactive ketones (excluding diaryl/α,β-unsaturated/α-hetero) is 1. The van der Waals surface area contributed by atoms with E-state index in [1.807, 2.05) is 0 Å². The lowest BCUT2D eigenvalue weighted by molar-refractivity contribution is -0.132. The fourth-order valence-corrected chi connectivity index (χ4v) is 7.14. The summed E-state index contributed by atoms with van der Waals surface area (Å²) in [6.07, 6.45) is 13.7. The third kappa shape index (κ3) is 1.80. The number of hydrogen-bond donors (Lipinski definition) is 1. The summed E-state index contributed by atoms with van der Waals surface area (Å²) >= 11 is 0. The summed E-state index contributed by atoms with van der Waals surface area (Å²) in [6.45, 7) is 2.55. The number of hydrogen-bond acceptors (Lipinski definition) is 3. The molecular formula is C19H29NO2. The predicted octanol–water partition coefficient (Wildman–Crippen LogP) is 4.43. The summed E-state index contributed by atoms with van der Waals surface area (Å²) in [5, 5.41) is 12.5. The van der Waals surface area contributed by atoms with Gasteiger partial charge in [-0.1, -0.05) is 19.8 Å². The van der Waals surface area contributed by atoms with Crippen LogP contribution in [0.4, 0.5) is 0 Å². The number of carbonyl (C=O) groups excluding carboxylic acids is 1. The number of fused-ring (bicyclic) bond motifs is 5. The molecular weight excluding hydrogens is 274 g/mol. The molecule has 3 heteroatoms. The summed E-state index contributed by atoms with van der Waals surface area (Å²) in [4.78, 5) is 12.6. The lowest BCUT2D eigenvalue weighted by Gasteiger charge is -2.59. The van der Waals surface area contributed by atoms with E-state index in [1.165, 1.54) is 38.5 Å². The van der Waals surface area contributed by atoms with Crippen LogP contribution in [-0.2, 0) is 4.79 Å². The Hall–Kier alpha value is -0.860. The molecule has 0 aromatic carbocycles. The largest absolute Gasteiger partial charge is 0.411 e. The van der Waals surface area contributed by atoms with Crippen LogP contribution in [0.2, 0.25) is 0 Å². The van der Waals surface area contributed by atoms with Crippen LogP contribution in [0.1, 0.15) is 71.1 Å². The second-order valence-electron chi connectivity index (χ2n) is 8.69. The average molecular weight is 303 g/mol. The van der Waals surface area contributed by atoms with E-state index in [4.69, 9.17) is 5.21 Å². The van der Waals surface area contributed by atoms with Gasteiger partial charge in [-0.3, -0.25) is 4.79 Å². The zero-order valence-electron chi connectivity index (χ0n) is 13.8. The normalized spacial score (nSPS) is 51.4. The van der Waals surface area contributed by atoms with Crippen LogP contribution in [-0.4, -0.2) is 17.2 Å². The Bertz CT molecular complexity index is 502. The molecule has 3 nitrogen and oxygen atoms in total. The molecule has 1 unspecified atom stereocenters. The highest BCUT2D eigenvalue weighted by Gasteiger charge is 2.61. The first-order valence-corrected chi connectivity index (χ1v) is 9.34. The number of rotatable bonds is 1. The van der Waals surface area contributed by atoms with E-state index in [-0.39, 0.29) is 0 Å². The quantitative estimate of drug-likeness (QED) is 0.442. The molecule has 4 saturated carbocycles. The molecule has 1 N–H and O–H groups in total. The van der Waals surface area contributed by atoms with Gasteiger partial charge >= 0.3 is 0 Å². The van der Waals surface area contributed by atoms with Crippen molar-refractivity contribution in [2.45, 2.75) is 71.1 Å². The lowest BCUT2D eigenvalue weighted by atomic mass is 9.45. The summed E-state index contributed by atoms with van der Waals surface area (Å²) in [5.74, 6) is 3.16. The third-order valence-electron chi connectivity index (χ3n) is 8.20. The van der Waals surface area contributed by atoms with Crippen molar-refractivity contribution in [1.29, 1.82) is 0 Å². The van der Waals surface area contributed by atoms with Crippen LogP contribution >= 0.6 is 0 Å². The molecule has 22 heavy (non-hydrogen) atoms. The van der Waals surface area contributed by atoms with Gasteiger partial charge in [-0.05, 0) is 74.0 Å². The Morgan fingerprint density at radius 2 is 1.95 bits per heavy atom. The fraction of sp³-hybridized carbons (Fsp3) is 0.895. The van der Waals surface area contributed by atoms with Crippen molar-refractivity contribution >= 4 is 12.0 Å². The molecule has 0 aromatic heterocycles. The summed E-state index contributed by atoms with van der Waals surface area (Å²) in [7, 11) is 0. The molecule has 0 bridgehead atoms. The molecule has 0 spiro atoms. The molecule has 0 aromatic rings. The second-order valence-corrected chi connectivity index (χ2v) is 8.69. The summed E-state index contributed by atoms with van der Waals surface area (Å²) < 4.78 is 0. The Kier molecular flexibility index (Phi) is 3.39. The minimum atomic E-state index is -0.423. The van der Waals surface area contributed by atoms with Crippen molar-refractivity contribution < 1.29 is 10.0 Å². The molecule has 0 radical (unpaired) electrons. The maximum Gasteiger partial charge on any atom is 0.144 e. The summed E-state index contributed by atoms with van der Waals surface area (Å²) in [6, 6.07) is 0. The van der Waals surface area contributed by atoms with Gasteiger partial charge in [0.1, 0.15) is 5.78 Å². The van der Waals surface area contributed by atoms with Gasteiger partial charge < -0.3 is 5.21 Å². The fourth-order valence-electron chi connectivity index (χ4n) is 7.14. The van der Waals surface area contributed by atoms with Gasteiger partial charge in [0.25, 0.3) is 0 Å². The second kappa shape index (κ2) is 5.07. The first-order chi connectivity index (χ1) is 10.6. The molecule has 0 aliphatic heterocycles. The van der Waals surface area contributed by atoms with Crippen LogP contribution < -0.4 is 0 Å². The monoisotopic (exact) mass is 303 g/mol. The molecule has 4 aliphatic rings. The zero-order valence-corrected chi connectivity index (χ0v) is 13.8. The maximum atomic E-state index is 12.6. The van der Waals surface area contributed by atoms with E-state index in [9.17, 15) is 4.79 Å². The molecule has 122 valence electrons. The Morgan fingerprint density at radius 1 is 1.09 bits per heavy atom. The third-order valence-corrected chi connectivity index (χ3v) is 8.20. The number of nitrogens with zero attached hydrogens (tertiary/aromatic N) is 1. The SMILES string of the molecule is C[C@]12CCCCC1CC[C@@H]1[C@@H]2CC[C@]2(C=NO)C(=O)CC[C@@H]12. The Morgan fingerprint density at radius 3 is 2.77 bits per heavy atom. The van der Waals surface area contributed by atoms with E-state index < -0.39 is 5.41 Å². The Labute approximate surface area is 133 Å². The summed E-state index contributed by atoms with van der Waals surface area (Å²) in [5.41, 5.74) is 0.0864. The van der Waals surface area contributed by atoms with Gasteiger partial charge in [-0.25, -0.2) is 0 Å². The van der Waals surface area contributed by atoms with Crippen LogP contribution in [0.3, 0.4) is 0 Å². The van der Waals surface area contributed by atoms with Crippen LogP contribution in [0.25, 0.3) is 0 Å². The van der Waals surface area contributed by atoms with Gasteiger partial charge in [0.05, 0.1) is 11.6 Å². The molecule has 6 atom stereocenters. The first-order valence-electron chi connectivity index (χ1n) is 9.34. The maximum absolute atomic E-state index is 12.6. The highest BCUT2D eigenvalue weighted by Crippen LogP contribution is 2.65. The van der Waals surface area contributed by atoms with Gasteiger partial charge in [0.15, 0.2) is 0 Å². The molecule has 4 fully saturated rings. The van der Waals surface area contributed by atoms with Gasteiger partial charge in [-0.2, -0.15) is 0 Å². The molecule has 0 amide bonds. The van der Waals surface area contributed by atoms with Gasteiger partial charge in [-0.15, -0.1) is 5.16 Å². The number of carbonyl (C=O) groups is 1. The van der Waals surface area contributed by atoms with Gasteiger partial charge in [0.2, 0.25) is 0 Å². The highest BCUT2D eigenvalue weighted by atomic mass is 16.4. The van der Waals surface area contributed by atoms with E-state index in [0.717, 1.165) is 31.1 Å².